The van der Waals surface area contributed by atoms with Crippen LogP contribution in [0.1, 0.15) is 12.5 Å². The van der Waals surface area contributed by atoms with Crippen LogP contribution in [0.4, 0.5) is 0 Å². The Morgan fingerprint density at radius 1 is 1.20 bits per heavy atom. The van der Waals surface area contributed by atoms with Gasteiger partial charge >= 0.3 is 0 Å². The van der Waals surface area contributed by atoms with E-state index in [-0.39, 0.29) is 11.3 Å². The molecule has 0 aliphatic rings. The third kappa shape index (κ3) is 2.57. The Labute approximate surface area is 89.8 Å². The third-order valence-electron chi connectivity index (χ3n) is 1.72. The van der Waals surface area contributed by atoms with Gasteiger partial charge in [0.2, 0.25) is 5.43 Å². The van der Waals surface area contributed by atoms with Crippen LogP contribution in [0.5, 0.6) is 5.75 Å². The fraction of sp³-hybridized carbons (Fsp3) is 0.455. The zero-order valence-electron chi connectivity index (χ0n) is 9.43. The number of hydrogen-bond acceptors (Lipinski definition) is 3. The van der Waals surface area contributed by atoms with Gasteiger partial charge in [-0.1, -0.05) is 25.6 Å². The molecule has 0 aliphatic heterocycles. The van der Waals surface area contributed by atoms with E-state index in [2.05, 4.69) is 31.1 Å². The highest BCUT2D eigenvalue weighted by Gasteiger charge is 2.20. The lowest BCUT2D eigenvalue weighted by atomic mass is 10.1. The van der Waals surface area contributed by atoms with Gasteiger partial charge in [0, 0.05) is 0 Å². The molecule has 0 aromatic heterocycles. The van der Waals surface area contributed by atoms with Gasteiger partial charge in [-0.3, -0.25) is 9.59 Å². The van der Waals surface area contributed by atoms with E-state index < -0.39 is 18.9 Å². The molecule has 4 heteroatoms. The van der Waals surface area contributed by atoms with Crippen molar-refractivity contribution >= 4 is 8.07 Å². The van der Waals surface area contributed by atoms with Crippen molar-refractivity contribution in [1.82, 2.24) is 0 Å². The van der Waals surface area contributed by atoms with Crippen molar-refractivity contribution in [2.24, 2.45) is 0 Å². The third-order valence-corrected chi connectivity index (χ3v) is 2.59. The van der Waals surface area contributed by atoms with E-state index in [1.54, 1.807) is 6.92 Å². The molecule has 80 valence electrons. The molecule has 0 spiro atoms. The monoisotopic (exact) mass is 222 g/mol. The summed E-state index contributed by atoms with van der Waals surface area (Å²) in [5, 5.41) is 0. The predicted molar refractivity (Wildman–Crippen MR) is 62.7 cm³/mol. The summed E-state index contributed by atoms with van der Waals surface area (Å²) >= 11 is 0. The summed E-state index contributed by atoms with van der Waals surface area (Å²) in [4.78, 5) is 22.3. The Morgan fingerprint density at radius 3 is 2.27 bits per heavy atom. The minimum Gasteiger partial charge on any atom is -0.488 e. The Kier molecular flexibility index (Phi) is 3.15. The second-order valence-electron chi connectivity index (χ2n) is 4.30. The van der Waals surface area contributed by atoms with Crippen molar-refractivity contribution in [2.45, 2.75) is 26.6 Å². The highest BCUT2D eigenvalue weighted by molar-refractivity contribution is 6.83. The summed E-state index contributed by atoms with van der Waals surface area (Å²) in [6, 6.07) is 0. The predicted octanol–water partition coefficient (Wildman–Crippen LogP) is 0.910. The fourth-order valence-corrected chi connectivity index (χ4v) is 1.52. The fourth-order valence-electron chi connectivity index (χ4n) is 1.02. The molecular formula is C11H14O3Si. The van der Waals surface area contributed by atoms with Crippen LogP contribution in [-0.2, 0) is 0 Å². The first-order valence-electron chi connectivity index (χ1n) is 4.86. The molecule has 0 bridgehead atoms. The smallest absolute Gasteiger partial charge is 0.270 e. The van der Waals surface area contributed by atoms with E-state index >= 15 is 0 Å². The molecule has 3 nitrogen and oxygen atoms in total. The summed E-state index contributed by atoms with van der Waals surface area (Å²) < 4.78 is 5.06. The zero-order chi connectivity index (χ0) is 11.6. The Bertz CT molecular complexity index is 490. The van der Waals surface area contributed by atoms with Gasteiger partial charge < -0.3 is 4.74 Å². The highest BCUT2D eigenvalue weighted by atomic mass is 28.3. The summed E-state index contributed by atoms with van der Waals surface area (Å²) in [6.07, 6.45) is 0. The van der Waals surface area contributed by atoms with Crippen molar-refractivity contribution in [1.29, 1.82) is 0 Å². The summed E-state index contributed by atoms with van der Waals surface area (Å²) in [5.41, 5.74) is 2.24. The van der Waals surface area contributed by atoms with Gasteiger partial charge in [0.1, 0.15) is 13.6 Å². The Morgan fingerprint density at radius 2 is 1.80 bits per heavy atom. The molecule has 0 heterocycles. The molecule has 0 amide bonds. The van der Waals surface area contributed by atoms with Crippen molar-refractivity contribution in [3.8, 4) is 17.2 Å². The second kappa shape index (κ2) is 4.03. The number of rotatable bonds is 2. The lowest BCUT2D eigenvalue weighted by Gasteiger charge is -2.07. The lowest BCUT2D eigenvalue weighted by Crippen LogP contribution is -2.36. The molecule has 15 heavy (non-hydrogen) atoms. The van der Waals surface area contributed by atoms with Crippen LogP contribution in [0.3, 0.4) is 0 Å². The number of ether oxygens (including phenoxy) is 1. The van der Waals surface area contributed by atoms with Crippen molar-refractivity contribution < 1.29 is 4.74 Å². The van der Waals surface area contributed by atoms with Gasteiger partial charge in [0.05, 0.1) is 6.61 Å². The molecule has 1 aromatic carbocycles. The molecular weight excluding hydrogens is 208 g/mol. The second-order valence-corrected chi connectivity index (χ2v) is 9.05. The molecule has 0 atom stereocenters. The minimum atomic E-state index is -1.52. The van der Waals surface area contributed by atoms with Gasteiger partial charge in [-0.25, -0.2) is 0 Å². The summed E-state index contributed by atoms with van der Waals surface area (Å²) in [5.74, 6) is 2.92. The van der Waals surface area contributed by atoms with E-state index in [0.717, 1.165) is 0 Å². The van der Waals surface area contributed by atoms with Crippen LogP contribution < -0.4 is 15.6 Å². The number of hydrogen-bond donors (Lipinski definition) is 0. The SMILES string of the molecule is CCOc1c(C#C[Si](C)(C)C)c(=O)c1=O. The Balaban J connectivity index is 3.06. The molecule has 1 rings (SSSR count). The van der Waals surface area contributed by atoms with E-state index in [9.17, 15) is 9.59 Å². The molecule has 0 fully saturated rings. The molecule has 0 saturated carbocycles. The standard InChI is InChI=1S/C11H14O3Si/c1-5-14-11-8(9(12)10(11)13)6-7-15(2,3)4/h5H2,1-4H3. The maximum atomic E-state index is 11.2. The average molecular weight is 222 g/mol. The average Bonchev–Trinajstić information content (AvgIpc) is 2.14. The van der Waals surface area contributed by atoms with E-state index in [1.165, 1.54) is 0 Å². The first kappa shape index (κ1) is 11.7. The highest BCUT2D eigenvalue weighted by Crippen LogP contribution is 2.09. The summed E-state index contributed by atoms with van der Waals surface area (Å²) in [7, 11) is -1.52. The first-order valence-corrected chi connectivity index (χ1v) is 8.36. The molecule has 0 saturated heterocycles. The molecule has 0 radical (unpaired) electrons. The van der Waals surface area contributed by atoms with E-state index in [0.29, 0.717) is 6.61 Å². The lowest BCUT2D eigenvalue weighted by molar-refractivity contribution is 0.331. The molecule has 0 N–H and O–H groups in total. The van der Waals surface area contributed by atoms with Crippen molar-refractivity contribution in [2.75, 3.05) is 6.61 Å². The molecule has 0 unspecified atom stereocenters. The molecule has 1 aromatic rings. The van der Waals surface area contributed by atoms with Gasteiger partial charge in [-0.2, -0.15) is 0 Å². The van der Waals surface area contributed by atoms with Crippen LogP contribution in [0.2, 0.25) is 19.6 Å². The van der Waals surface area contributed by atoms with Gasteiger partial charge in [0.15, 0.2) is 5.75 Å². The Hall–Kier alpha value is -1.34. The molecule has 0 aliphatic carbocycles. The maximum absolute atomic E-state index is 11.2. The van der Waals surface area contributed by atoms with Gasteiger partial charge in [0.25, 0.3) is 5.43 Å². The summed E-state index contributed by atoms with van der Waals surface area (Å²) in [6.45, 7) is 8.38. The van der Waals surface area contributed by atoms with Crippen molar-refractivity contribution in [3.05, 3.63) is 26.0 Å². The maximum Gasteiger partial charge on any atom is 0.270 e. The minimum absolute atomic E-state index is 0.147. The normalized spacial score (nSPS) is 10.9. The zero-order valence-corrected chi connectivity index (χ0v) is 10.4. The van der Waals surface area contributed by atoms with Crippen LogP contribution >= 0.6 is 0 Å². The largest absolute Gasteiger partial charge is 0.488 e. The van der Waals surface area contributed by atoms with Crippen LogP contribution in [0.15, 0.2) is 9.59 Å². The quantitative estimate of drug-likeness (QED) is 0.424. The first-order chi connectivity index (χ1) is 6.87. The van der Waals surface area contributed by atoms with Crippen LogP contribution in [-0.4, -0.2) is 14.7 Å². The topological polar surface area (TPSA) is 43.4 Å². The van der Waals surface area contributed by atoms with Crippen LogP contribution in [0, 0.1) is 11.5 Å². The van der Waals surface area contributed by atoms with Crippen molar-refractivity contribution in [3.63, 3.8) is 0 Å². The van der Waals surface area contributed by atoms with E-state index in [1.807, 2.05) is 0 Å². The van der Waals surface area contributed by atoms with Gasteiger partial charge in [-0.05, 0) is 6.92 Å². The van der Waals surface area contributed by atoms with Gasteiger partial charge in [-0.15, -0.1) is 5.54 Å². The van der Waals surface area contributed by atoms with E-state index in [4.69, 9.17) is 4.74 Å². The van der Waals surface area contributed by atoms with Crippen LogP contribution in [0.25, 0.3) is 0 Å².